The van der Waals surface area contributed by atoms with Gasteiger partial charge in [0.25, 0.3) is 11.9 Å². The summed E-state index contributed by atoms with van der Waals surface area (Å²) in [7, 11) is 1.78. The number of benzene rings is 4. The fourth-order valence-corrected chi connectivity index (χ4v) is 6.21. The molecule has 2 heterocycles. The zero-order valence-electron chi connectivity index (χ0n) is 21.8. The second kappa shape index (κ2) is 9.71. The monoisotopic (exact) mass is 523 g/mol. The molecule has 0 bridgehead atoms. The van der Waals surface area contributed by atoms with Gasteiger partial charge >= 0.3 is 0 Å². The number of rotatable bonds is 7. The van der Waals surface area contributed by atoms with Gasteiger partial charge < -0.3 is 14.8 Å². The standard InChI is InChI=1S/C31H29N3O5/c1-3-38-28-17-23(14-15-27(28)39-19-20-12-13-21-8-4-5-9-22(21)16-20)24-18-33(2)31(29(24)34(36)37)25-10-6-7-11-26(25)32-30(31)35/h4-17,24,29H,3,18-19H2,1-2H3,(H,32,35)/t24-,29-,31-/m0/s1. The molecule has 0 aliphatic carbocycles. The molecule has 1 saturated heterocycles. The summed E-state index contributed by atoms with van der Waals surface area (Å²) in [5.74, 6) is 0.195. The second-order valence-corrected chi connectivity index (χ2v) is 10.1. The summed E-state index contributed by atoms with van der Waals surface area (Å²) < 4.78 is 12.1. The van der Waals surface area contributed by atoms with E-state index < -0.39 is 17.5 Å². The molecule has 1 N–H and O–H groups in total. The van der Waals surface area contributed by atoms with Gasteiger partial charge in [-0.3, -0.25) is 19.8 Å². The SMILES string of the molecule is CCOc1cc([C@@H]2CN(C)[C@]3(C(=O)Nc4ccccc43)[C@H]2[N+](=O)[O-])ccc1OCc1ccc2ccccc2c1. The number of amides is 1. The molecular formula is C31H29N3O5. The smallest absolute Gasteiger partial charge is 0.256 e. The van der Waals surface area contributed by atoms with Gasteiger partial charge in [0, 0.05) is 22.7 Å². The van der Waals surface area contributed by atoms with Crippen LogP contribution in [0.25, 0.3) is 10.8 Å². The van der Waals surface area contributed by atoms with Crippen LogP contribution in [0.3, 0.4) is 0 Å². The van der Waals surface area contributed by atoms with Gasteiger partial charge in [-0.15, -0.1) is 0 Å². The van der Waals surface area contributed by atoms with Gasteiger partial charge in [-0.2, -0.15) is 0 Å². The highest BCUT2D eigenvalue weighted by Crippen LogP contribution is 2.52. The van der Waals surface area contributed by atoms with E-state index in [1.807, 2.05) is 60.4 Å². The molecule has 2 aliphatic rings. The lowest BCUT2D eigenvalue weighted by atomic mass is 9.79. The van der Waals surface area contributed by atoms with E-state index in [0.717, 1.165) is 16.5 Å². The van der Waals surface area contributed by atoms with Crippen molar-refractivity contribution in [1.29, 1.82) is 0 Å². The molecule has 0 unspecified atom stereocenters. The molecule has 8 nitrogen and oxygen atoms in total. The van der Waals surface area contributed by atoms with Crippen LogP contribution in [-0.2, 0) is 16.9 Å². The lowest BCUT2D eigenvalue weighted by molar-refractivity contribution is -0.534. The van der Waals surface area contributed by atoms with Crippen LogP contribution >= 0.6 is 0 Å². The topological polar surface area (TPSA) is 93.9 Å². The van der Waals surface area contributed by atoms with Crippen LogP contribution in [0.2, 0.25) is 0 Å². The van der Waals surface area contributed by atoms with Crippen LogP contribution in [0.4, 0.5) is 5.69 Å². The van der Waals surface area contributed by atoms with Crippen LogP contribution in [0, 0.1) is 10.1 Å². The maximum Gasteiger partial charge on any atom is 0.256 e. The summed E-state index contributed by atoms with van der Waals surface area (Å²) in [6, 6.07) is 25.9. The minimum atomic E-state index is -1.39. The molecule has 1 spiro atoms. The number of fused-ring (bicyclic) bond motifs is 3. The molecule has 198 valence electrons. The van der Waals surface area contributed by atoms with E-state index in [1.54, 1.807) is 19.2 Å². The van der Waals surface area contributed by atoms with Crippen molar-refractivity contribution in [2.24, 2.45) is 0 Å². The number of carbonyl (C=O) groups is 1. The van der Waals surface area contributed by atoms with Crippen LogP contribution < -0.4 is 14.8 Å². The van der Waals surface area contributed by atoms with Gasteiger partial charge in [0.1, 0.15) is 6.61 Å². The van der Waals surface area contributed by atoms with Crippen molar-refractivity contribution in [3.8, 4) is 11.5 Å². The fourth-order valence-electron chi connectivity index (χ4n) is 6.21. The molecule has 3 atom stereocenters. The van der Waals surface area contributed by atoms with Crippen LogP contribution in [0.5, 0.6) is 11.5 Å². The molecule has 0 saturated carbocycles. The Morgan fingerprint density at radius 1 is 0.974 bits per heavy atom. The number of nitrogens with one attached hydrogen (secondary N) is 1. The summed E-state index contributed by atoms with van der Waals surface area (Å²) in [4.78, 5) is 27.5. The van der Waals surface area contributed by atoms with Gasteiger partial charge in [0.15, 0.2) is 17.0 Å². The van der Waals surface area contributed by atoms with Gasteiger partial charge in [0.05, 0.1) is 12.5 Å². The third-order valence-electron chi connectivity index (χ3n) is 7.94. The summed E-state index contributed by atoms with van der Waals surface area (Å²) in [6.45, 7) is 3.00. The Labute approximate surface area is 226 Å². The predicted octanol–water partition coefficient (Wildman–Crippen LogP) is 5.34. The van der Waals surface area contributed by atoms with Crippen molar-refractivity contribution in [2.75, 3.05) is 25.5 Å². The quantitative estimate of drug-likeness (QED) is 0.260. The van der Waals surface area contributed by atoms with E-state index in [0.29, 0.717) is 42.5 Å². The number of anilines is 1. The number of nitro groups is 1. The lowest BCUT2D eigenvalue weighted by Crippen LogP contribution is -2.54. The number of likely N-dealkylation sites (N-methyl/N-ethyl adjacent to an activating group) is 1. The molecular weight excluding hydrogens is 494 g/mol. The molecule has 1 fully saturated rings. The highest BCUT2D eigenvalue weighted by molar-refractivity contribution is 6.06. The number of para-hydroxylation sites is 1. The average molecular weight is 524 g/mol. The molecule has 39 heavy (non-hydrogen) atoms. The van der Waals surface area contributed by atoms with Gasteiger partial charge in [-0.05, 0) is 60.1 Å². The first-order valence-corrected chi connectivity index (χ1v) is 13.1. The molecule has 4 aromatic carbocycles. The average Bonchev–Trinajstić information content (AvgIpc) is 3.42. The maximum absolute atomic E-state index is 13.4. The molecule has 2 aliphatic heterocycles. The number of likely N-dealkylation sites (tertiary alicyclic amines) is 1. The molecule has 8 heteroatoms. The van der Waals surface area contributed by atoms with Gasteiger partial charge in [-0.25, -0.2) is 0 Å². The molecule has 4 aromatic rings. The van der Waals surface area contributed by atoms with Gasteiger partial charge in [-0.1, -0.05) is 60.7 Å². The largest absolute Gasteiger partial charge is 0.490 e. The number of carbonyl (C=O) groups excluding carboxylic acids is 1. The predicted molar refractivity (Wildman–Crippen MR) is 149 cm³/mol. The van der Waals surface area contributed by atoms with E-state index in [-0.39, 0.29) is 10.8 Å². The van der Waals surface area contributed by atoms with Crippen LogP contribution in [0.1, 0.15) is 29.5 Å². The Hall–Kier alpha value is -4.43. The number of ether oxygens (including phenoxy) is 2. The van der Waals surface area contributed by atoms with E-state index >= 15 is 0 Å². The number of nitrogens with zero attached hydrogens (tertiary/aromatic N) is 2. The van der Waals surface area contributed by atoms with E-state index in [1.165, 1.54) is 5.39 Å². The van der Waals surface area contributed by atoms with E-state index in [9.17, 15) is 14.9 Å². The Balaban J connectivity index is 1.32. The van der Waals surface area contributed by atoms with Crippen molar-refractivity contribution < 1.29 is 19.2 Å². The summed E-state index contributed by atoms with van der Waals surface area (Å²) in [6.07, 6.45) is 0. The Kier molecular flexibility index (Phi) is 6.19. The molecule has 0 radical (unpaired) electrons. The highest BCUT2D eigenvalue weighted by atomic mass is 16.6. The second-order valence-electron chi connectivity index (χ2n) is 10.1. The lowest BCUT2D eigenvalue weighted by Gasteiger charge is -2.30. The summed E-state index contributed by atoms with van der Waals surface area (Å²) in [5, 5.41) is 17.8. The van der Waals surface area contributed by atoms with Crippen molar-refractivity contribution in [3.63, 3.8) is 0 Å². The highest BCUT2D eigenvalue weighted by Gasteiger charge is 2.68. The zero-order chi connectivity index (χ0) is 27.1. The molecule has 1 amide bonds. The molecule has 6 rings (SSSR count). The van der Waals surface area contributed by atoms with Crippen LogP contribution in [-0.4, -0.2) is 42.0 Å². The summed E-state index contributed by atoms with van der Waals surface area (Å²) in [5.41, 5.74) is 1.64. The Morgan fingerprint density at radius 3 is 2.54 bits per heavy atom. The number of hydrogen-bond donors (Lipinski definition) is 1. The normalized spacial score (nSPS) is 22.2. The van der Waals surface area contributed by atoms with Gasteiger partial charge in [0.2, 0.25) is 0 Å². The maximum atomic E-state index is 13.4. The Bertz CT molecular complexity index is 1590. The number of hydrogen-bond acceptors (Lipinski definition) is 6. The molecule has 0 aromatic heterocycles. The fraction of sp³-hybridized carbons (Fsp3) is 0.258. The van der Waals surface area contributed by atoms with Crippen molar-refractivity contribution in [2.45, 2.75) is 31.0 Å². The third-order valence-corrected chi connectivity index (χ3v) is 7.94. The van der Waals surface area contributed by atoms with E-state index in [2.05, 4.69) is 29.6 Å². The third kappa shape index (κ3) is 3.99. The first kappa shape index (κ1) is 24.9. The summed E-state index contributed by atoms with van der Waals surface area (Å²) >= 11 is 0. The van der Waals surface area contributed by atoms with Crippen molar-refractivity contribution in [3.05, 3.63) is 112 Å². The van der Waals surface area contributed by atoms with E-state index in [4.69, 9.17) is 9.47 Å². The first-order valence-electron chi connectivity index (χ1n) is 13.1. The minimum absolute atomic E-state index is 0.305. The first-order chi connectivity index (χ1) is 18.9. The Morgan fingerprint density at radius 2 is 1.74 bits per heavy atom. The zero-order valence-corrected chi connectivity index (χ0v) is 21.8. The van der Waals surface area contributed by atoms with Crippen molar-refractivity contribution >= 4 is 22.4 Å². The van der Waals surface area contributed by atoms with Crippen LogP contribution in [0.15, 0.2) is 84.9 Å². The minimum Gasteiger partial charge on any atom is -0.490 e. The van der Waals surface area contributed by atoms with Crippen molar-refractivity contribution in [1.82, 2.24) is 4.90 Å².